The van der Waals surface area contributed by atoms with Crippen LogP contribution in [0.3, 0.4) is 0 Å². The highest BCUT2D eigenvalue weighted by molar-refractivity contribution is 6.01. The van der Waals surface area contributed by atoms with Crippen molar-refractivity contribution < 1.29 is 14.4 Å². The van der Waals surface area contributed by atoms with Gasteiger partial charge in [0.15, 0.2) is 0 Å². The van der Waals surface area contributed by atoms with Crippen LogP contribution in [0.5, 0.6) is 0 Å². The number of amides is 4. The van der Waals surface area contributed by atoms with Gasteiger partial charge in [-0.25, -0.2) is 4.79 Å². The van der Waals surface area contributed by atoms with Crippen LogP contribution in [0, 0.1) is 23.2 Å². The monoisotopic (exact) mass is 381 g/mol. The van der Waals surface area contributed by atoms with E-state index >= 15 is 0 Å². The van der Waals surface area contributed by atoms with E-state index in [2.05, 4.69) is 10.6 Å². The first kappa shape index (κ1) is 17.7. The number of hydrogen-bond acceptors (Lipinski definition) is 3. The number of carbonyl (C=O) groups is 3. The maximum atomic E-state index is 12.7. The van der Waals surface area contributed by atoms with Crippen LogP contribution in [0.15, 0.2) is 24.3 Å². The molecule has 1 heterocycles. The summed E-state index contributed by atoms with van der Waals surface area (Å²) in [6, 6.07) is 6.84. The highest BCUT2D eigenvalue weighted by Gasteiger charge is 2.50. The van der Waals surface area contributed by atoms with Crippen LogP contribution >= 0.6 is 0 Å². The van der Waals surface area contributed by atoms with Gasteiger partial charge in [-0.2, -0.15) is 0 Å². The van der Waals surface area contributed by atoms with E-state index in [9.17, 15) is 14.4 Å². The van der Waals surface area contributed by atoms with Gasteiger partial charge in [-0.05, 0) is 79.4 Å². The zero-order valence-corrected chi connectivity index (χ0v) is 16.1. The van der Waals surface area contributed by atoms with Crippen molar-refractivity contribution in [1.82, 2.24) is 15.5 Å². The Morgan fingerprint density at radius 2 is 1.64 bits per heavy atom. The Labute approximate surface area is 165 Å². The van der Waals surface area contributed by atoms with E-state index < -0.39 is 0 Å². The standard InChI is InChI=1S/C22H27N3O3/c26-19-11-23-21(28)25(19)12-14-1-3-18(4-2-14)20(27)24-13-22-8-15-5-16(9-22)7-17(6-15)10-22/h1-4,15-17H,5-13H2,(H,23,28)(H,24,27). The lowest BCUT2D eigenvalue weighted by atomic mass is 9.49. The number of nitrogens with one attached hydrogen (secondary N) is 2. The Balaban J connectivity index is 1.19. The fourth-order valence-electron chi connectivity index (χ4n) is 6.44. The minimum absolute atomic E-state index is 0.0303. The topological polar surface area (TPSA) is 78.5 Å². The maximum absolute atomic E-state index is 12.7. The number of imide groups is 1. The fraction of sp³-hybridized carbons (Fsp3) is 0.591. The Morgan fingerprint density at radius 3 is 2.18 bits per heavy atom. The summed E-state index contributed by atoms with van der Waals surface area (Å²) in [6.07, 6.45) is 8.07. The predicted octanol–water partition coefficient (Wildman–Crippen LogP) is 2.68. The average molecular weight is 381 g/mol. The third-order valence-corrected chi connectivity index (χ3v) is 7.28. The number of hydrogen-bond donors (Lipinski definition) is 2. The molecule has 6 heteroatoms. The smallest absolute Gasteiger partial charge is 0.324 e. The van der Waals surface area contributed by atoms with E-state index in [-0.39, 0.29) is 30.9 Å². The van der Waals surface area contributed by atoms with Gasteiger partial charge in [-0.1, -0.05) is 12.1 Å². The number of urea groups is 1. The molecular formula is C22H27N3O3. The van der Waals surface area contributed by atoms with E-state index in [0.717, 1.165) is 29.9 Å². The first-order chi connectivity index (χ1) is 13.5. The summed E-state index contributed by atoms with van der Waals surface area (Å²) in [7, 11) is 0. The van der Waals surface area contributed by atoms with Gasteiger partial charge in [0.25, 0.3) is 5.91 Å². The summed E-state index contributed by atoms with van der Waals surface area (Å²) < 4.78 is 0. The van der Waals surface area contributed by atoms with Crippen molar-refractivity contribution in [1.29, 1.82) is 0 Å². The van der Waals surface area contributed by atoms with Crippen molar-refractivity contribution in [2.45, 2.75) is 45.1 Å². The summed E-state index contributed by atoms with van der Waals surface area (Å²) >= 11 is 0. The second kappa shape index (κ2) is 6.61. The quantitative estimate of drug-likeness (QED) is 0.770. The Kier molecular flexibility index (Phi) is 4.18. The highest BCUT2D eigenvalue weighted by atomic mass is 16.2. The number of carbonyl (C=O) groups excluding carboxylic acids is 3. The molecule has 0 spiro atoms. The van der Waals surface area contributed by atoms with Crippen molar-refractivity contribution in [3.05, 3.63) is 35.4 Å². The molecule has 4 bridgehead atoms. The normalized spacial score (nSPS) is 33.3. The molecule has 1 saturated heterocycles. The van der Waals surface area contributed by atoms with Crippen molar-refractivity contribution in [2.75, 3.05) is 13.1 Å². The number of nitrogens with zero attached hydrogens (tertiary/aromatic N) is 1. The summed E-state index contributed by atoms with van der Waals surface area (Å²) in [5.41, 5.74) is 1.79. The lowest BCUT2D eigenvalue weighted by molar-refractivity contribution is -0.125. The molecule has 4 saturated carbocycles. The molecule has 1 aliphatic heterocycles. The van der Waals surface area contributed by atoms with Crippen LogP contribution in [0.25, 0.3) is 0 Å². The molecule has 4 aliphatic carbocycles. The molecule has 0 radical (unpaired) electrons. The Morgan fingerprint density at radius 1 is 1.04 bits per heavy atom. The molecule has 148 valence electrons. The fourth-order valence-corrected chi connectivity index (χ4v) is 6.44. The Hall–Kier alpha value is -2.37. The van der Waals surface area contributed by atoms with Crippen LogP contribution in [0.2, 0.25) is 0 Å². The molecule has 5 aliphatic rings. The second-order valence-electron chi connectivity index (χ2n) is 9.44. The van der Waals surface area contributed by atoms with Crippen LogP contribution in [0.1, 0.15) is 54.4 Å². The summed E-state index contributed by atoms with van der Waals surface area (Å²) in [5, 5.41) is 5.71. The first-order valence-electron chi connectivity index (χ1n) is 10.4. The van der Waals surface area contributed by atoms with Gasteiger partial charge in [-0.15, -0.1) is 0 Å². The molecular weight excluding hydrogens is 354 g/mol. The molecule has 5 fully saturated rings. The van der Waals surface area contributed by atoms with E-state index in [4.69, 9.17) is 0 Å². The number of benzene rings is 1. The van der Waals surface area contributed by atoms with Crippen LogP contribution in [-0.4, -0.2) is 35.8 Å². The van der Waals surface area contributed by atoms with Crippen molar-refractivity contribution in [2.24, 2.45) is 23.2 Å². The van der Waals surface area contributed by atoms with Crippen molar-refractivity contribution in [3.63, 3.8) is 0 Å². The van der Waals surface area contributed by atoms with Gasteiger partial charge in [0.1, 0.15) is 0 Å². The van der Waals surface area contributed by atoms with Crippen molar-refractivity contribution in [3.8, 4) is 0 Å². The second-order valence-corrected chi connectivity index (χ2v) is 9.44. The lowest BCUT2D eigenvalue weighted by Gasteiger charge is -2.56. The Bertz CT molecular complexity index is 766. The van der Waals surface area contributed by atoms with E-state index in [1.165, 1.54) is 43.4 Å². The zero-order chi connectivity index (χ0) is 19.3. The van der Waals surface area contributed by atoms with Gasteiger partial charge in [-0.3, -0.25) is 14.5 Å². The average Bonchev–Trinajstić information content (AvgIpc) is 2.98. The van der Waals surface area contributed by atoms with Crippen LogP contribution < -0.4 is 10.6 Å². The first-order valence-corrected chi connectivity index (χ1v) is 10.4. The molecule has 2 N–H and O–H groups in total. The molecule has 6 nitrogen and oxygen atoms in total. The lowest BCUT2D eigenvalue weighted by Crippen LogP contribution is -2.51. The van der Waals surface area contributed by atoms with E-state index in [0.29, 0.717) is 11.0 Å². The van der Waals surface area contributed by atoms with Crippen LogP contribution in [0.4, 0.5) is 4.79 Å². The van der Waals surface area contributed by atoms with Gasteiger partial charge in [0, 0.05) is 12.1 Å². The molecule has 1 aromatic carbocycles. The van der Waals surface area contributed by atoms with Gasteiger partial charge in [0.05, 0.1) is 13.1 Å². The molecule has 6 rings (SSSR count). The molecule has 28 heavy (non-hydrogen) atoms. The third kappa shape index (κ3) is 3.19. The maximum Gasteiger partial charge on any atom is 0.324 e. The minimum atomic E-state index is -0.359. The summed E-state index contributed by atoms with van der Waals surface area (Å²) in [6.45, 7) is 1.09. The summed E-state index contributed by atoms with van der Waals surface area (Å²) in [4.78, 5) is 37.2. The molecule has 0 unspecified atom stereocenters. The minimum Gasteiger partial charge on any atom is -0.351 e. The van der Waals surface area contributed by atoms with Gasteiger partial charge >= 0.3 is 6.03 Å². The van der Waals surface area contributed by atoms with Gasteiger partial charge in [0.2, 0.25) is 5.91 Å². The van der Waals surface area contributed by atoms with E-state index in [1.54, 1.807) is 12.1 Å². The predicted molar refractivity (Wildman–Crippen MR) is 103 cm³/mol. The molecule has 0 atom stereocenters. The van der Waals surface area contributed by atoms with E-state index in [1.807, 2.05) is 12.1 Å². The largest absolute Gasteiger partial charge is 0.351 e. The van der Waals surface area contributed by atoms with Crippen molar-refractivity contribution >= 4 is 17.8 Å². The molecule has 4 amide bonds. The third-order valence-electron chi connectivity index (χ3n) is 7.28. The SMILES string of the molecule is O=C(NCC12CC3CC(CC(C3)C1)C2)c1ccc(CN2C(=O)CNC2=O)cc1. The molecule has 1 aromatic rings. The molecule has 0 aromatic heterocycles. The number of rotatable bonds is 5. The van der Waals surface area contributed by atoms with Crippen LogP contribution in [-0.2, 0) is 11.3 Å². The summed E-state index contributed by atoms with van der Waals surface area (Å²) in [5.74, 6) is 2.40. The highest BCUT2D eigenvalue weighted by Crippen LogP contribution is 2.59. The zero-order valence-electron chi connectivity index (χ0n) is 16.1. The van der Waals surface area contributed by atoms with Gasteiger partial charge < -0.3 is 10.6 Å².